The predicted octanol–water partition coefficient (Wildman–Crippen LogP) is 5.79. The number of piperidine rings is 1. The number of halogens is 2. The van der Waals surface area contributed by atoms with E-state index in [-0.39, 0.29) is 28.8 Å². The number of amides is 2. The van der Waals surface area contributed by atoms with Gasteiger partial charge in [0.1, 0.15) is 5.82 Å². The molecule has 6 nitrogen and oxygen atoms in total. The fourth-order valence-electron chi connectivity index (χ4n) is 5.98. The van der Waals surface area contributed by atoms with E-state index in [1.807, 2.05) is 0 Å². The Balaban J connectivity index is 1.14. The summed E-state index contributed by atoms with van der Waals surface area (Å²) in [7, 11) is 1.32. The Labute approximate surface area is 232 Å². The smallest absolute Gasteiger partial charge is 0.337 e. The number of rotatable bonds is 6. The zero-order valence-corrected chi connectivity index (χ0v) is 22.6. The van der Waals surface area contributed by atoms with E-state index in [9.17, 15) is 18.8 Å². The van der Waals surface area contributed by atoms with E-state index in [1.165, 1.54) is 31.4 Å². The van der Waals surface area contributed by atoms with E-state index in [0.29, 0.717) is 40.9 Å². The monoisotopic (exact) mass is 546 g/mol. The minimum atomic E-state index is -1.52. The average Bonchev–Trinajstić information content (AvgIpc) is 2.95. The molecule has 1 heterocycles. The van der Waals surface area contributed by atoms with Crippen molar-refractivity contribution in [1.82, 2.24) is 10.2 Å². The molecule has 0 bridgehead atoms. The van der Waals surface area contributed by atoms with E-state index in [2.05, 4.69) is 5.32 Å². The molecule has 2 aliphatic rings. The van der Waals surface area contributed by atoms with Gasteiger partial charge >= 0.3 is 5.97 Å². The van der Waals surface area contributed by atoms with Gasteiger partial charge in [0.25, 0.3) is 11.8 Å². The normalized spacial score (nSPS) is 17.1. The molecule has 1 aliphatic carbocycles. The Bertz CT molecular complexity index is 1440. The lowest BCUT2D eigenvalue weighted by atomic mass is 9.60. The van der Waals surface area contributed by atoms with Crippen molar-refractivity contribution in [2.75, 3.05) is 20.2 Å². The summed E-state index contributed by atoms with van der Waals surface area (Å²) >= 11 is 0. The van der Waals surface area contributed by atoms with Gasteiger partial charge in [-0.05, 0) is 97.2 Å². The summed E-state index contributed by atoms with van der Waals surface area (Å²) in [5, 5.41) is 3.11. The van der Waals surface area contributed by atoms with Crippen molar-refractivity contribution >= 4 is 17.8 Å². The molecule has 3 aromatic carbocycles. The maximum Gasteiger partial charge on any atom is 0.337 e. The molecule has 40 heavy (non-hydrogen) atoms. The number of methoxy groups -OCH3 is 1. The highest BCUT2D eigenvalue weighted by Gasteiger charge is 2.47. The summed E-state index contributed by atoms with van der Waals surface area (Å²) in [5.41, 5.74) is 2.69. The van der Waals surface area contributed by atoms with Crippen molar-refractivity contribution in [1.29, 1.82) is 0 Å². The number of esters is 1. The quantitative estimate of drug-likeness (QED) is 0.397. The van der Waals surface area contributed by atoms with Crippen LogP contribution in [0.5, 0.6) is 0 Å². The summed E-state index contributed by atoms with van der Waals surface area (Å²) in [6.45, 7) is 2.99. The first-order chi connectivity index (χ1) is 19.2. The van der Waals surface area contributed by atoms with Gasteiger partial charge in [0, 0.05) is 30.3 Å². The highest BCUT2D eigenvalue weighted by Crippen LogP contribution is 2.49. The van der Waals surface area contributed by atoms with Gasteiger partial charge in [-0.25, -0.2) is 13.6 Å². The van der Waals surface area contributed by atoms with Crippen molar-refractivity contribution < 1.29 is 27.9 Å². The summed E-state index contributed by atoms with van der Waals surface area (Å²) in [4.78, 5) is 39.6. The molecular weight excluding hydrogens is 514 g/mol. The number of nitrogens with one attached hydrogen (secondary N) is 1. The van der Waals surface area contributed by atoms with Gasteiger partial charge < -0.3 is 15.0 Å². The van der Waals surface area contributed by atoms with E-state index in [4.69, 9.17) is 4.74 Å². The number of ether oxygens (including phenoxy) is 1. The molecule has 8 heteroatoms. The van der Waals surface area contributed by atoms with Crippen LogP contribution in [0.25, 0.3) is 0 Å². The van der Waals surface area contributed by atoms with E-state index in [0.717, 1.165) is 25.7 Å². The highest BCUT2D eigenvalue weighted by atomic mass is 19.1. The van der Waals surface area contributed by atoms with Crippen LogP contribution >= 0.6 is 0 Å². The minimum absolute atomic E-state index is 0.0652. The van der Waals surface area contributed by atoms with Gasteiger partial charge in [0.05, 0.1) is 12.7 Å². The van der Waals surface area contributed by atoms with Crippen LogP contribution < -0.4 is 5.32 Å². The molecule has 1 spiro atoms. The third-order valence-corrected chi connectivity index (χ3v) is 8.27. The summed E-state index contributed by atoms with van der Waals surface area (Å²) in [6, 6.07) is 16.9. The Kier molecular flexibility index (Phi) is 7.70. The lowest BCUT2D eigenvalue weighted by molar-refractivity contribution is 0.00861. The molecule has 2 fully saturated rings. The maximum absolute atomic E-state index is 15.1. The summed E-state index contributed by atoms with van der Waals surface area (Å²) in [6.07, 6.45) is 1.86. The van der Waals surface area contributed by atoms with Gasteiger partial charge in [-0.1, -0.05) is 24.3 Å². The third-order valence-electron chi connectivity index (χ3n) is 8.27. The van der Waals surface area contributed by atoms with E-state index >= 15 is 4.39 Å². The number of carbonyl (C=O) groups is 3. The van der Waals surface area contributed by atoms with Crippen LogP contribution in [0, 0.1) is 18.2 Å². The Morgan fingerprint density at radius 2 is 1.62 bits per heavy atom. The van der Waals surface area contributed by atoms with E-state index < -0.39 is 18.0 Å². The van der Waals surface area contributed by atoms with Crippen LogP contribution in [-0.4, -0.2) is 48.9 Å². The van der Waals surface area contributed by atoms with Crippen LogP contribution in [0.1, 0.15) is 79.6 Å². The Morgan fingerprint density at radius 1 is 0.950 bits per heavy atom. The molecule has 1 aliphatic heterocycles. The number of benzene rings is 3. The van der Waals surface area contributed by atoms with Crippen LogP contribution in [0.4, 0.5) is 8.78 Å². The molecule has 1 saturated carbocycles. The lowest BCUT2D eigenvalue weighted by Crippen LogP contribution is -2.55. The van der Waals surface area contributed by atoms with E-state index in [1.54, 1.807) is 54.3 Å². The molecule has 0 aromatic heterocycles. The molecular formula is C32H32F2N2O4. The number of hydrogen-bond acceptors (Lipinski definition) is 4. The van der Waals surface area contributed by atoms with Gasteiger partial charge in [0.15, 0.2) is 6.17 Å². The van der Waals surface area contributed by atoms with Crippen molar-refractivity contribution in [2.45, 2.75) is 44.8 Å². The molecule has 3 aromatic rings. The van der Waals surface area contributed by atoms with Crippen LogP contribution in [0.3, 0.4) is 0 Å². The predicted molar refractivity (Wildman–Crippen MR) is 146 cm³/mol. The highest BCUT2D eigenvalue weighted by molar-refractivity contribution is 5.98. The van der Waals surface area contributed by atoms with Crippen molar-refractivity contribution in [3.05, 3.63) is 106 Å². The van der Waals surface area contributed by atoms with Crippen LogP contribution in [-0.2, 0) is 4.74 Å². The van der Waals surface area contributed by atoms with Gasteiger partial charge in [-0.15, -0.1) is 0 Å². The summed E-state index contributed by atoms with van der Waals surface area (Å²) in [5.74, 6) is -1.25. The SMILES string of the molecule is COC(=O)c1ccc(C(=O)NC2CC3(CCN(C(=O)c4cccc(C(F)c5cccc(F)c5)c4)CC3)C2)c(C)c1. The van der Waals surface area contributed by atoms with Crippen LogP contribution in [0.2, 0.25) is 0 Å². The zero-order chi connectivity index (χ0) is 28.4. The molecule has 0 radical (unpaired) electrons. The first-order valence-corrected chi connectivity index (χ1v) is 13.5. The van der Waals surface area contributed by atoms with Crippen molar-refractivity contribution in [3.8, 4) is 0 Å². The Morgan fingerprint density at radius 3 is 2.27 bits per heavy atom. The number of alkyl halides is 1. The topological polar surface area (TPSA) is 75.7 Å². The number of carbonyl (C=O) groups excluding carboxylic acids is 3. The average molecular weight is 547 g/mol. The second-order valence-electron chi connectivity index (χ2n) is 10.9. The Hall–Kier alpha value is -4.07. The second-order valence-corrected chi connectivity index (χ2v) is 10.9. The van der Waals surface area contributed by atoms with Crippen LogP contribution in [0.15, 0.2) is 66.7 Å². The fraction of sp³-hybridized carbons (Fsp3) is 0.344. The minimum Gasteiger partial charge on any atom is -0.465 e. The first-order valence-electron chi connectivity index (χ1n) is 13.5. The number of aryl methyl sites for hydroxylation is 1. The maximum atomic E-state index is 15.1. The van der Waals surface area contributed by atoms with Crippen molar-refractivity contribution in [3.63, 3.8) is 0 Å². The second kappa shape index (κ2) is 11.2. The van der Waals surface area contributed by atoms with Crippen molar-refractivity contribution in [2.24, 2.45) is 5.41 Å². The standard InChI is InChI=1S/C32H32F2N2O4/c1-20-15-24(31(39)40-2)9-10-27(20)29(37)35-26-18-32(19-26)11-13-36(14-12-32)30(38)23-7-3-5-21(16-23)28(34)22-6-4-8-25(33)17-22/h3-10,15-17,26,28H,11-14,18-19H2,1-2H3,(H,35,37). The molecule has 1 saturated heterocycles. The van der Waals surface area contributed by atoms with Gasteiger partial charge in [-0.3, -0.25) is 9.59 Å². The molecule has 5 rings (SSSR count). The molecule has 1 N–H and O–H groups in total. The lowest BCUT2D eigenvalue weighted by Gasteiger charge is -2.52. The molecule has 1 atom stereocenters. The number of hydrogen-bond donors (Lipinski definition) is 1. The molecule has 2 amide bonds. The fourth-order valence-corrected chi connectivity index (χ4v) is 5.98. The van der Waals surface area contributed by atoms with Gasteiger partial charge in [-0.2, -0.15) is 0 Å². The number of likely N-dealkylation sites (tertiary alicyclic amines) is 1. The van der Waals surface area contributed by atoms with Gasteiger partial charge in [0.2, 0.25) is 0 Å². The molecule has 208 valence electrons. The summed E-state index contributed by atoms with van der Waals surface area (Å²) < 4.78 is 33.4. The largest absolute Gasteiger partial charge is 0.465 e. The molecule has 1 unspecified atom stereocenters. The third kappa shape index (κ3) is 5.62. The zero-order valence-electron chi connectivity index (χ0n) is 22.6. The number of nitrogens with zero attached hydrogens (tertiary/aromatic N) is 1. The first kappa shape index (κ1) is 27.5.